The fourth-order valence-corrected chi connectivity index (χ4v) is 1.54. The number of para-hydroxylation sites is 1. The number of carbonyl (C=O) groups excluding carboxylic acids is 1. The first-order valence-corrected chi connectivity index (χ1v) is 5.62. The maximum atomic E-state index is 13.6. The summed E-state index contributed by atoms with van der Waals surface area (Å²) in [6.07, 6.45) is 3.11. The SMILES string of the molecule is O=C(NCc1cn[nH]c1)Nc1c(F)cccc1C(=O)O. The summed E-state index contributed by atoms with van der Waals surface area (Å²) in [6.45, 7) is 0.180. The molecule has 20 heavy (non-hydrogen) atoms. The van der Waals surface area contributed by atoms with Crippen molar-refractivity contribution in [1.82, 2.24) is 15.5 Å². The topological polar surface area (TPSA) is 107 Å². The molecule has 1 aromatic carbocycles. The smallest absolute Gasteiger partial charge is 0.337 e. The number of aromatic nitrogens is 2. The van der Waals surface area contributed by atoms with Crippen LogP contribution in [0, 0.1) is 5.82 Å². The van der Waals surface area contributed by atoms with Crippen molar-refractivity contribution >= 4 is 17.7 Å². The van der Waals surface area contributed by atoms with E-state index in [4.69, 9.17) is 5.11 Å². The van der Waals surface area contributed by atoms with Crippen LogP contribution in [-0.2, 0) is 6.54 Å². The molecule has 0 atom stereocenters. The Morgan fingerprint density at radius 1 is 1.40 bits per heavy atom. The van der Waals surface area contributed by atoms with Gasteiger partial charge in [-0.2, -0.15) is 5.10 Å². The zero-order valence-corrected chi connectivity index (χ0v) is 10.2. The third-order valence-corrected chi connectivity index (χ3v) is 2.49. The monoisotopic (exact) mass is 278 g/mol. The largest absolute Gasteiger partial charge is 0.478 e. The van der Waals surface area contributed by atoms with E-state index in [-0.39, 0.29) is 17.8 Å². The van der Waals surface area contributed by atoms with E-state index in [1.807, 2.05) is 0 Å². The fourth-order valence-electron chi connectivity index (χ4n) is 1.54. The molecule has 0 bridgehead atoms. The van der Waals surface area contributed by atoms with E-state index in [1.54, 1.807) is 6.20 Å². The number of hydrogen-bond donors (Lipinski definition) is 4. The van der Waals surface area contributed by atoms with E-state index in [9.17, 15) is 14.0 Å². The van der Waals surface area contributed by atoms with Gasteiger partial charge >= 0.3 is 12.0 Å². The molecule has 0 saturated carbocycles. The maximum Gasteiger partial charge on any atom is 0.337 e. The lowest BCUT2D eigenvalue weighted by atomic mass is 10.1. The van der Waals surface area contributed by atoms with E-state index in [1.165, 1.54) is 18.3 Å². The Bertz CT molecular complexity index is 628. The molecule has 2 amide bonds. The summed E-state index contributed by atoms with van der Waals surface area (Å²) in [5, 5.41) is 19.9. The number of benzene rings is 1. The highest BCUT2D eigenvalue weighted by molar-refractivity contribution is 6.00. The first-order valence-electron chi connectivity index (χ1n) is 5.62. The van der Waals surface area contributed by atoms with Crippen LogP contribution in [0.15, 0.2) is 30.6 Å². The zero-order valence-electron chi connectivity index (χ0n) is 10.2. The molecular weight excluding hydrogens is 267 g/mol. The van der Waals surface area contributed by atoms with E-state index in [2.05, 4.69) is 20.8 Å². The van der Waals surface area contributed by atoms with Gasteiger partial charge in [-0.15, -0.1) is 0 Å². The number of carboxylic acids is 1. The molecular formula is C12H11FN4O3. The van der Waals surface area contributed by atoms with Gasteiger partial charge in [-0.25, -0.2) is 14.0 Å². The third-order valence-electron chi connectivity index (χ3n) is 2.49. The fraction of sp³-hybridized carbons (Fsp3) is 0.0833. The summed E-state index contributed by atoms with van der Waals surface area (Å²) in [5.41, 5.74) is 0.0419. The Morgan fingerprint density at radius 3 is 2.85 bits per heavy atom. The van der Waals surface area contributed by atoms with Crippen LogP contribution in [0.4, 0.5) is 14.9 Å². The molecule has 0 fully saturated rings. The van der Waals surface area contributed by atoms with Crippen LogP contribution in [0.1, 0.15) is 15.9 Å². The van der Waals surface area contributed by atoms with Crippen molar-refractivity contribution in [3.63, 3.8) is 0 Å². The number of urea groups is 1. The van der Waals surface area contributed by atoms with Crippen molar-refractivity contribution in [2.24, 2.45) is 0 Å². The molecule has 2 aromatic rings. The Morgan fingerprint density at radius 2 is 2.20 bits per heavy atom. The second-order valence-corrected chi connectivity index (χ2v) is 3.88. The van der Waals surface area contributed by atoms with Crippen LogP contribution in [0.25, 0.3) is 0 Å². The highest BCUT2D eigenvalue weighted by atomic mass is 19.1. The van der Waals surface area contributed by atoms with Gasteiger partial charge in [0.05, 0.1) is 17.4 Å². The average molecular weight is 278 g/mol. The lowest BCUT2D eigenvalue weighted by Crippen LogP contribution is -2.29. The first kappa shape index (κ1) is 13.5. The van der Waals surface area contributed by atoms with E-state index in [0.717, 1.165) is 11.6 Å². The van der Waals surface area contributed by atoms with Gasteiger partial charge in [0.1, 0.15) is 5.82 Å². The molecule has 0 aliphatic carbocycles. The summed E-state index contributed by atoms with van der Waals surface area (Å²) in [5.74, 6) is -2.14. The summed E-state index contributed by atoms with van der Waals surface area (Å²) in [7, 11) is 0. The van der Waals surface area contributed by atoms with Crippen LogP contribution in [0.2, 0.25) is 0 Å². The molecule has 0 saturated heterocycles. The second-order valence-electron chi connectivity index (χ2n) is 3.88. The maximum absolute atomic E-state index is 13.6. The minimum atomic E-state index is -1.32. The first-order chi connectivity index (χ1) is 9.58. The van der Waals surface area contributed by atoms with Crippen LogP contribution >= 0.6 is 0 Å². The lowest BCUT2D eigenvalue weighted by Gasteiger charge is -2.10. The van der Waals surface area contributed by atoms with Crippen LogP contribution < -0.4 is 10.6 Å². The molecule has 1 aromatic heterocycles. The van der Waals surface area contributed by atoms with Gasteiger partial charge in [0.2, 0.25) is 0 Å². The number of aromatic amines is 1. The average Bonchev–Trinajstić information content (AvgIpc) is 2.91. The predicted octanol–water partition coefficient (Wildman–Crippen LogP) is 1.57. The summed E-state index contributed by atoms with van der Waals surface area (Å²) in [4.78, 5) is 22.6. The quantitative estimate of drug-likeness (QED) is 0.680. The third kappa shape index (κ3) is 3.10. The second kappa shape index (κ2) is 5.83. The molecule has 4 N–H and O–H groups in total. The minimum absolute atomic E-state index is 0.180. The van der Waals surface area contributed by atoms with Crippen molar-refractivity contribution in [3.8, 4) is 0 Å². The number of hydrogen-bond acceptors (Lipinski definition) is 3. The van der Waals surface area contributed by atoms with Crippen molar-refractivity contribution in [2.75, 3.05) is 5.32 Å². The van der Waals surface area contributed by atoms with Gasteiger partial charge in [-0.1, -0.05) is 6.07 Å². The lowest BCUT2D eigenvalue weighted by molar-refractivity contribution is 0.0697. The molecule has 0 radical (unpaired) electrons. The van der Waals surface area contributed by atoms with E-state index < -0.39 is 17.8 Å². The number of carboxylic acid groups (broad SMARTS) is 1. The highest BCUT2D eigenvalue weighted by Crippen LogP contribution is 2.19. The van der Waals surface area contributed by atoms with Crippen molar-refractivity contribution in [3.05, 3.63) is 47.5 Å². The number of carbonyl (C=O) groups is 2. The standard InChI is InChI=1S/C12H11FN4O3/c13-9-3-1-2-8(11(18)19)10(9)17-12(20)14-4-7-5-15-16-6-7/h1-3,5-6H,4H2,(H,15,16)(H,18,19)(H2,14,17,20). The molecule has 8 heteroatoms. The minimum Gasteiger partial charge on any atom is -0.478 e. The number of aromatic carboxylic acids is 1. The number of nitrogens with zero attached hydrogens (tertiary/aromatic N) is 1. The van der Waals surface area contributed by atoms with Crippen LogP contribution in [0.3, 0.4) is 0 Å². The van der Waals surface area contributed by atoms with Crippen molar-refractivity contribution in [1.29, 1.82) is 0 Å². The summed E-state index contributed by atoms with van der Waals surface area (Å²) < 4.78 is 13.6. The van der Waals surface area contributed by atoms with Crippen molar-refractivity contribution in [2.45, 2.75) is 6.54 Å². The van der Waals surface area contributed by atoms with E-state index >= 15 is 0 Å². The Hall–Kier alpha value is -2.90. The number of anilines is 1. The molecule has 0 aliphatic heterocycles. The van der Waals surface area contributed by atoms with Gasteiger partial charge in [0.15, 0.2) is 0 Å². The number of amides is 2. The van der Waals surface area contributed by atoms with Gasteiger partial charge in [0, 0.05) is 18.3 Å². The Balaban J connectivity index is 2.06. The number of H-pyrrole nitrogens is 1. The molecule has 0 unspecified atom stereocenters. The molecule has 1 heterocycles. The van der Waals surface area contributed by atoms with Crippen LogP contribution in [0.5, 0.6) is 0 Å². The normalized spacial score (nSPS) is 10.1. The van der Waals surface area contributed by atoms with Gasteiger partial charge < -0.3 is 15.7 Å². The number of rotatable bonds is 4. The molecule has 104 valence electrons. The zero-order chi connectivity index (χ0) is 14.5. The Kier molecular flexibility index (Phi) is 3.94. The molecule has 2 rings (SSSR count). The summed E-state index contributed by atoms with van der Waals surface area (Å²) in [6, 6.07) is 2.82. The predicted molar refractivity (Wildman–Crippen MR) is 67.8 cm³/mol. The Labute approximate surface area is 112 Å². The van der Waals surface area contributed by atoms with Gasteiger partial charge in [-0.3, -0.25) is 5.10 Å². The molecule has 0 aliphatic rings. The number of halogens is 1. The van der Waals surface area contributed by atoms with Crippen LogP contribution in [-0.4, -0.2) is 27.3 Å². The molecule has 7 nitrogen and oxygen atoms in total. The van der Waals surface area contributed by atoms with Gasteiger partial charge in [-0.05, 0) is 12.1 Å². The van der Waals surface area contributed by atoms with Crippen molar-refractivity contribution < 1.29 is 19.1 Å². The molecule has 0 spiro atoms. The van der Waals surface area contributed by atoms with E-state index in [0.29, 0.717) is 0 Å². The number of nitrogens with one attached hydrogen (secondary N) is 3. The summed E-state index contributed by atoms with van der Waals surface area (Å²) >= 11 is 0. The van der Waals surface area contributed by atoms with Gasteiger partial charge in [0.25, 0.3) is 0 Å². The highest BCUT2D eigenvalue weighted by Gasteiger charge is 2.16.